The standard InChI is InChI=1S/C10H19NO2S2/c1-15-3-2-9(6-12)11-5-8(7-14)4-10(11)13/h8-9,12,14H,2-7H2,1H3. The minimum absolute atomic E-state index is 0.00910. The lowest BCUT2D eigenvalue weighted by atomic mass is 10.1. The van der Waals surface area contributed by atoms with Crippen LogP contribution >= 0.6 is 24.4 Å². The number of aliphatic hydroxyl groups is 1. The van der Waals surface area contributed by atoms with Crippen LogP contribution in [0.2, 0.25) is 0 Å². The number of thiol groups is 1. The van der Waals surface area contributed by atoms with Gasteiger partial charge in [-0.3, -0.25) is 4.79 Å². The van der Waals surface area contributed by atoms with E-state index in [1.807, 2.05) is 11.2 Å². The van der Waals surface area contributed by atoms with Gasteiger partial charge >= 0.3 is 0 Å². The van der Waals surface area contributed by atoms with Gasteiger partial charge in [0.25, 0.3) is 0 Å². The Labute approximate surface area is 101 Å². The molecule has 0 bridgehead atoms. The molecule has 0 saturated carbocycles. The first-order valence-corrected chi connectivity index (χ1v) is 7.25. The van der Waals surface area contributed by atoms with Crippen LogP contribution in [0.4, 0.5) is 0 Å². The number of carbonyl (C=O) groups excluding carboxylic acids is 1. The Kier molecular flexibility index (Phi) is 5.86. The Hall–Kier alpha value is 0.130. The molecule has 1 aliphatic heterocycles. The van der Waals surface area contributed by atoms with Crippen molar-refractivity contribution in [3.63, 3.8) is 0 Å². The second-order valence-electron chi connectivity index (χ2n) is 3.92. The molecule has 5 heteroatoms. The lowest BCUT2D eigenvalue weighted by molar-refractivity contribution is -0.130. The number of carbonyl (C=O) groups is 1. The highest BCUT2D eigenvalue weighted by Crippen LogP contribution is 2.22. The zero-order valence-electron chi connectivity index (χ0n) is 9.06. The smallest absolute Gasteiger partial charge is 0.223 e. The van der Waals surface area contributed by atoms with Gasteiger partial charge in [0, 0.05) is 13.0 Å². The fourth-order valence-corrected chi connectivity index (χ4v) is 2.64. The van der Waals surface area contributed by atoms with E-state index in [4.69, 9.17) is 0 Å². The van der Waals surface area contributed by atoms with Gasteiger partial charge in [0.15, 0.2) is 0 Å². The van der Waals surface area contributed by atoms with Crippen molar-refractivity contribution in [2.45, 2.75) is 18.9 Å². The van der Waals surface area contributed by atoms with Crippen molar-refractivity contribution in [2.75, 3.05) is 30.9 Å². The lowest BCUT2D eigenvalue weighted by Crippen LogP contribution is -2.39. The molecule has 0 aromatic carbocycles. The summed E-state index contributed by atoms with van der Waals surface area (Å²) in [5.41, 5.74) is 0. The molecule has 0 aliphatic carbocycles. The first-order chi connectivity index (χ1) is 7.22. The molecule has 1 aliphatic rings. The van der Waals surface area contributed by atoms with Crippen LogP contribution in [0.3, 0.4) is 0 Å². The largest absolute Gasteiger partial charge is 0.394 e. The zero-order chi connectivity index (χ0) is 11.3. The van der Waals surface area contributed by atoms with Crippen LogP contribution in [0, 0.1) is 5.92 Å². The number of likely N-dealkylation sites (tertiary alicyclic amines) is 1. The van der Waals surface area contributed by atoms with Crippen molar-refractivity contribution < 1.29 is 9.90 Å². The minimum atomic E-state index is 0.00910. The third kappa shape index (κ3) is 3.57. The van der Waals surface area contributed by atoms with E-state index in [9.17, 15) is 9.90 Å². The van der Waals surface area contributed by atoms with E-state index in [1.165, 1.54) is 0 Å². The first-order valence-electron chi connectivity index (χ1n) is 5.23. The van der Waals surface area contributed by atoms with Gasteiger partial charge < -0.3 is 10.0 Å². The van der Waals surface area contributed by atoms with E-state index in [0.717, 1.165) is 24.5 Å². The summed E-state index contributed by atoms with van der Waals surface area (Å²) < 4.78 is 0. The molecule has 1 saturated heterocycles. The third-order valence-corrected chi connectivity index (χ3v) is 3.96. The fraction of sp³-hybridized carbons (Fsp3) is 0.900. The second kappa shape index (κ2) is 6.66. The molecule has 2 unspecified atom stereocenters. The summed E-state index contributed by atoms with van der Waals surface area (Å²) in [7, 11) is 0. The molecule has 88 valence electrons. The van der Waals surface area contributed by atoms with Crippen molar-refractivity contribution in [3.8, 4) is 0 Å². The van der Waals surface area contributed by atoms with Crippen LogP contribution in [0.25, 0.3) is 0 Å². The van der Waals surface area contributed by atoms with E-state index in [2.05, 4.69) is 12.6 Å². The van der Waals surface area contributed by atoms with Crippen LogP contribution in [0.5, 0.6) is 0 Å². The Bertz CT molecular complexity index is 214. The molecule has 0 aromatic rings. The summed E-state index contributed by atoms with van der Waals surface area (Å²) in [4.78, 5) is 13.5. The maximum Gasteiger partial charge on any atom is 0.223 e. The third-order valence-electron chi connectivity index (χ3n) is 2.80. The van der Waals surface area contributed by atoms with Gasteiger partial charge in [-0.25, -0.2) is 0 Å². The highest BCUT2D eigenvalue weighted by atomic mass is 32.2. The minimum Gasteiger partial charge on any atom is -0.394 e. The van der Waals surface area contributed by atoms with Gasteiger partial charge in [-0.2, -0.15) is 24.4 Å². The predicted molar refractivity (Wildman–Crippen MR) is 67.5 cm³/mol. The molecule has 15 heavy (non-hydrogen) atoms. The summed E-state index contributed by atoms with van der Waals surface area (Å²) in [6, 6.07) is 0.00910. The predicted octanol–water partition coefficient (Wildman–Crippen LogP) is 0.879. The molecule has 1 fully saturated rings. The summed E-state index contributed by atoms with van der Waals surface area (Å²) >= 11 is 5.97. The van der Waals surface area contributed by atoms with E-state index in [1.54, 1.807) is 11.8 Å². The lowest BCUT2D eigenvalue weighted by Gasteiger charge is -2.26. The van der Waals surface area contributed by atoms with Crippen molar-refractivity contribution in [3.05, 3.63) is 0 Å². The number of thioether (sulfide) groups is 1. The Morgan fingerprint density at radius 1 is 1.73 bits per heavy atom. The molecule has 2 atom stereocenters. The molecule has 0 aromatic heterocycles. The van der Waals surface area contributed by atoms with E-state index in [-0.39, 0.29) is 18.6 Å². The van der Waals surface area contributed by atoms with E-state index < -0.39 is 0 Å². The second-order valence-corrected chi connectivity index (χ2v) is 5.27. The van der Waals surface area contributed by atoms with Gasteiger partial charge in [0.05, 0.1) is 12.6 Å². The fourth-order valence-electron chi connectivity index (χ4n) is 1.88. The maximum atomic E-state index is 11.7. The number of amides is 1. The molecule has 1 N–H and O–H groups in total. The van der Waals surface area contributed by atoms with Crippen molar-refractivity contribution >= 4 is 30.3 Å². The molecule has 3 nitrogen and oxygen atoms in total. The Morgan fingerprint density at radius 3 is 2.93 bits per heavy atom. The molecular formula is C10H19NO2S2. The number of rotatable bonds is 6. The molecule has 0 radical (unpaired) electrons. The molecule has 1 rings (SSSR count). The average molecular weight is 249 g/mol. The van der Waals surface area contributed by atoms with Gasteiger partial charge in [-0.15, -0.1) is 0 Å². The normalized spacial score (nSPS) is 23.5. The van der Waals surface area contributed by atoms with Crippen LogP contribution in [-0.2, 0) is 4.79 Å². The number of hydrogen-bond donors (Lipinski definition) is 2. The maximum absolute atomic E-state index is 11.7. The Morgan fingerprint density at radius 2 is 2.47 bits per heavy atom. The zero-order valence-corrected chi connectivity index (χ0v) is 10.8. The first kappa shape index (κ1) is 13.2. The van der Waals surface area contributed by atoms with Crippen LogP contribution < -0.4 is 0 Å². The van der Waals surface area contributed by atoms with E-state index >= 15 is 0 Å². The average Bonchev–Trinajstić information content (AvgIpc) is 2.61. The van der Waals surface area contributed by atoms with Crippen LogP contribution in [-0.4, -0.2) is 52.9 Å². The van der Waals surface area contributed by atoms with Gasteiger partial charge in [-0.1, -0.05) is 0 Å². The van der Waals surface area contributed by atoms with Gasteiger partial charge in [0.2, 0.25) is 5.91 Å². The summed E-state index contributed by atoms with van der Waals surface area (Å²) in [5, 5.41) is 9.27. The monoisotopic (exact) mass is 249 g/mol. The molecular weight excluding hydrogens is 230 g/mol. The van der Waals surface area contributed by atoms with Crippen molar-refractivity contribution in [2.24, 2.45) is 5.92 Å². The van der Waals surface area contributed by atoms with Crippen LogP contribution in [0.1, 0.15) is 12.8 Å². The summed E-state index contributed by atoms with van der Waals surface area (Å²) in [5.74, 6) is 2.28. The van der Waals surface area contributed by atoms with Crippen molar-refractivity contribution in [1.29, 1.82) is 0 Å². The Balaban J connectivity index is 2.49. The molecule has 1 amide bonds. The molecule has 0 spiro atoms. The number of hydrogen-bond acceptors (Lipinski definition) is 4. The SMILES string of the molecule is CSCCC(CO)N1CC(CS)CC1=O. The van der Waals surface area contributed by atoms with Gasteiger partial charge in [-0.05, 0) is 30.1 Å². The molecule has 1 heterocycles. The highest BCUT2D eigenvalue weighted by molar-refractivity contribution is 7.98. The van der Waals surface area contributed by atoms with Crippen LogP contribution in [0.15, 0.2) is 0 Å². The topological polar surface area (TPSA) is 40.5 Å². The summed E-state index contributed by atoms with van der Waals surface area (Å²) in [6.07, 6.45) is 3.51. The quantitative estimate of drug-likeness (QED) is 0.687. The van der Waals surface area contributed by atoms with Crippen molar-refractivity contribution in [1.82, 2.24) is 4.90 Å². The highest BCUT2D eigenvalue weighted by Gasteiger charge is 2.32. The number of nitrogens with zero attached hydrogens (tertiary/aromatic N) is 1. The number of aliphatic hydroxyl groups excluding tert-OH is 1. The van der Waals surface area contributed by atoms with Gasteiger partial charge in [0.1, 0.15) is 0 Å². The van der Waals surface area contributed by atoms with E-state index in [0.29, 0.717) is 12.3 Å². The summed E-state index contributed by atoms with van der Waals surface area (Å²) in [6.45, 7) is 0.841.